The third-order valence-electron chi connectivity index (χ3n) is 3.79. The minimum Gasteiger partial charge on any atom is -0.296 e. The molecule has 0 fully saturated rings. The summed E-state index contributed by atoms with van der Waals surface area (Å²) in [5.41, 5.74) is 1.03. The molecular weight excluding hydrogens is 298 g/mol. The second-order valence-electron chi connectivity index (χ2n) is 4.97. The van der Waals surface area contributed by atoms with Crippen LogP contribution in [0.4, 0.5) is 0 Å². The quantitative estimate of drug-likeness (QED) is 0.725. The maximum absolute atomic E-state index is 4.20. The van der Waals surface area contributed by atoms with Crippen molar-refractivity contribution in [3.05, 3.63) is 48.3 Å². The molecular formula is C16H20ClN5. The van der Waals surface area contributed by atoms with Gasteiger partial charge in [-0.3, -0.25) is 4.90 Å². The van der Waals surface area contributed by atoms with Crippen LogP contribution in [0.25, 0.3) is 16.5 Å². The summed E-state index contributed by atoms with van der Waals surface area (Å²) in [6.07, 6.45) is 0. The molecule has 0 bridgehead atoms. The fourth-order valence-electron chi connectivity index (χ4n) is 2.53. The number of tetrazole rings is 1. The van der Waals surface area contributed by atoms with Crippen LogP contribution in [0.1, 0.15) is 19.7 Å². The zero-order valence-electron chi connectivity index (χ0n) is 12.8. The Balaban J connectivity index is 0.00000176. The van der Waals surface area contributed by atoms with Crippen LogP contribution in [-0.2, 0) is 6.54 Å². The summed E-state index contributed by atoms with van der Waals surface area (Å²) in [6.45, 7) is 7.02. The van der Waals surface area contributed by atoms with Gasteiger partial charge in [0, 0.05) is 5.39 Å². The van der Waals surface area contributed by atoms with Gasteiger partial charge in [-0.25, -0.2) is 0 Å². The van der Waals surface area contributed by atoms with Gasteiger partial charge in [0.1, 0.15) is 0 Å². The average Bonchev–Trinajstić information content (AvgIpc) is 3.00. The van der Waals surface area contributed by atoms with Gasteiger partial charge in [0.15, 0.2) is 5.82 Å². The summed E-state index contributed by atoms with van der Waals surface area (Å²) in [5.74, 6) is 0.870. The molecule has 0 atom stereocenters. The lowest BCUT2D eigenvalue weighted by atomic mass is 10.1. The summed E-state index contributed by atoms with van der Waals surface area (Å²) in [4.78, 5) is 2.30. The molecule has 0 aliphatic carbocycles. The normalized spacial score (nSPS) is 10.9. The van der Waals surface area contributed by atoms with Crippen LogP contribution in [0.2, 0.25) is 0 Å². The molecule has 0 aliphatic heterocycles. The van der Waals surface area contributed by atoms with Crippen LogP contribution in [0.5, 0.6) is 0 Å². The molecule has 0 saturated carbocycles. The van der Waals surface area contributed by atoms with E-state index >= 15 is 0 Å². The van der Waals surface area contributed by atoms with Gasteiger partial charge in [0.25, 0.3) is 0 Å². The van der Waals surface area contributed by atoms with E-state index < -0.39 is 0 Å². The highest BCUT2D eigenvalue weighted by atomic mass is 35.5. The molecule has 0 amide bonds. The maximum Gasteiger partial charge on any atom is 0.170 e. The molecule has 0 radical (unpaired) electrons. The highest BCUT2D eigenvalue weighted by Crippen LogP contribution is 2.22. The van der Waals surface area contributed by atoms with Crippen LogP contribution in [0, 0.1) is 0 Å². The molecule has 5 nitrogen and oxygen atoms in total. The molecule has 1 aromatic heterocycles. The lowest BCUT2D eigenvalue weighted by Gasteiger charge is -2.17. The number of rotatable bonds is 5. The number of hydrogen-bond acceptors (Lipinski definition) is 4. The van der Waals surface area contributed by atoms with E-state index in [4.69, 9.17) is 0 Å². The molecule has 0 saturated heterocycles. The maximum atomic E-state index is 4.20. The minimum absolute atomic E-state index is 0. The second-order valence-corrected chi connectivity index (χ2v) is 4.97. The highest BCUT2D eigenvalue weighted by Gasteiger charge is 2.13. The highest BCUT2D eigenvalue weighted by molar-refractivity contribution is 5.90. The lowest BCUT2D eigenvalue weighted by molar-refractivity contribution is 0.285. The van der Waals surface area contributed by atoms with Crippen molar-refractivity contribution in [2.24, 2.45) is 0 Å². The Morgan fingerprint density at radius 2 is 1.73 bits per heavy atom. The van der Waals surface area contributed by atoms with Crippen molar-refractivity contribution in [3.8, 4) is 5.69 Å². The van der Waals surface area contributed by atoms with Crippen molar-refractivity contribution in [2.45, 2.75) is 20.4 Å². The van der Waals surface area contributed by atoms with Crippen molar-refractivity contribution in [3.63, 3.8) is 0 Å². The first kappa shape index (κ1) is 16.4. The first-order valence-corrected chi connectivity index (χ1v) is 7.31. The van der Waals surface area contributed by atoms with Crippen LogP contribution < -0.4 is 0 Å². The molecule has 2 aromatic carbocycles. The van der Waals surface area contributed by atoms with E-state index in [0.717, 1.165) is 36.5 Å². The van der Waals surface area contributed by atoms with Crippen LogP contribution in [-0.4, -0.2) is 38.2 Å². The molecule has 22 heavy (non-hydrogen) atoms. The number of nitrogens with zero attached hydrogens (tertiary/aromatic N) is 5. The Kier molecular flexibility index (Phi) is 5.46. The molecule has 116 valence electrons. The average molecular weight is 318 g/mol. The van der Waals surface area contributed by atoms with E-state index in [1.807, 2.05) is 22.9 Å². The summed E-state index contributed by atoms with van der Waals surface area (Å²) in [7, 11) is 0. The fourth-order valence-corrected chi connectivity index (χ4v) is 2.53. The third kappa shape index (κ3) is 3.10. The van der Waals surface area contributed by atoms with E-state index in [2.05, 4.69) is 58.5 Å². The minimum atomic E-state index is 0. The second kappa shape index (κ2) is 7.33. The number of benzene rings is 2. The van der Waals surface area contributed by atoms with E-state index in [-0.39, 0.29) is 12.4 Å². The fraction of sp³-hybridized carbons (Fsp3) is 0.312. The predicted octanol–water partition coefficient (Wildman–Crippen LogP) is 3.08. The molecule has 0 spiro atoms. The topological polar surface area (TPSA) is 46.8 Å². The molecule has 0 unspecified atom stereocenters. The summed E-state index contributed by atoms with van der Waals surface area (Å²) >= 11 is 0. The SMILES string of the molecule is CCN(CC)Cc1nnnn1-c1cccc2ccccc12.Cl. The van der Waals surface area contributed by atoms with E-state index in [1.165, 1.54) is 5.39 Å². The first-order valence-electron chi connectivity index (χ1n) is 7.31. The van der Waals surface area contributed by atoms with Crippen molar-refractivity contribution < 1.29 is 0 Å². The van der Waals surface area contributed by atoms with Gasteiger partial charge in [-0.1, -0.05) is 50.2 Å². The first-order chi connectivity index (χ1) is 10.3. The predicted molar refractivity (Wildman–Crippen MR) is 90.5 cm³/mol. The molecule has 3 rings (SSSR count). The Labute approximate surface area is 136 Å². The number of halogens is 1. The molecule has 3 aromatic rings. The summed E-state index contributed by atoms with van der Waals surface area (Å²) < 4.78 is 1.85. The van der Waals surface area contributed by atoms with Crippen molar-refractivity contribution >= 4 is 23.2 Å². The molecule has 6 heteroatoms. The van der Waals surface area contributed by atoms with Gasteiger partial charge >= 0.3 is 0 Å². The van der Waals surface area contributed by atoms with Crippen LogP contribution >= 0.6 is 12.4 Å². The Hall–Kier alpha value is -1.98. The van der Waals surface area contributed by atoms with Crippen molar-refractivity contribution in [2.75, 3.05) is 13.1 Å². The Bertz CT molecular complexity index is 731. The molecule has 1 heterocycles. The smallest absolute Gasteiger partial charge is 0.170 e. The Morgan fingerprint density at radius 3 is 2.50 bits per heavy atom. The number of hydrogen-bond donors (Lipinski definition) is 0. The van der Waals surface area contributed by atoms with E-state index in [0.29, 0.717) is 0 Å². The monoisotopic (exact) mass is 317 g/mol. The summed E-state index contributed by atoms with van der Waals surface area (Å²) in [6, 6.07) is 14.5. The van der Waals surface area contributed by atoms with Gasteiger partial charge in [-0.15, -0.1) is 17.5 Å². The zero-order chi connectivity index (χ0) is 14.7. The van der Waals surface area contributed by atoms with E-state index in [9.17, 15) is 0 Å². The van der Waals surface area contributed by atoms with Crippen LogP contribution in [0.15, 0.2) is 42.5 Å². The standard InChI is InChI=1S/C16H19N5.ClH/c1-3-20(4-2)12-16-17-18-19-21(16)15-11-7-9-13-8-5-6-10-14(13)15;/h5-11H,3-4,12H2,1-2H3;1H. The summed E-state index contributed by atoms with van der Waals surface area (Å²) in [5, 5.41) is 14.6. The third-order valence-corrected chi connectivity index (χ3v) is 3.79. The zero-order valence-corrected chi connectivity index (χ0v) is 13.6. The van der Waals surface area contributed by atoms with Crippen molar-refractivity contribution in [1.82, 2.24) is 25.1 Å². The molecule has 0 N–H and O–H groups in total. The number of aromatic nitrogens is 4. The molecule has 0 aliphatic rings. The number of fused-ring (bicyclic) bond motifs is 1. The van der Waals surface area contributed by atoms with Gasteiger partial charge in [-0.05, 0) is 35.0 Å². The van der Waals surface area contributed by atoms with Gasteiger partial charge < -0.3 is 0 Å². The lowest BCUT2D eigenvalue weighted by Crippen LogP contribution is -2.24. The van der Waals surface area contributed by atoms with Gasteiger partial charge in [-0.2, -0.15) is 4.68 Å². The van der Waals surface area contributed by atoms with E-state index in [1.54, 1.807) is 0 Å². The van der Waals surface area contributed by atoms with Crippen molar-refractivity contribution in [1.29, 1.82) is 0 Å². The van der Waals surface area contributed by atoms with Gasteiger partial charge in [0.05, 0.1) is 12.2 Å². The largest absolute Gasteiger partial charge is 0.296 e. The van der Waals surface area contributed by atoms with Gasteiger partial charge in [0.2, 0.25) is 0 Å². The Morgan fingerprint density at radius 1 is 1.00 bits per heavy atom. The van der Waals surface area contributed by atoms with Crippen LogP contribution in [0.3, 0.4) is 0 Å².